The molecule has 8 heavy (non-hydrogen) atoms. The molecule has 0 aliphatic heterocycles. The van der Waals surface area contributed by atoms with Gasteiger partial charge >= 0.3 is 0 Å². The number of rotatable bonds is 0. The van der Waals surface area contributed by atoms with E-state index in [-0.39, 0.29) is 0 Å². The van der Waals surface area contributed by atoms with Crippen LogP contribution in [0.5, 0.6) is 0 Å². The summed E-state index contributed by atoms with van der Waals surface area (Å²) in [6, 6.07) is 0. The van der Waals surface area contributed by atoms with E-state index in [4.69, 9.17) is 0 Å². The minimum atomic E-state index is 1.13. The van der Waals surface area contributed by atoms with Gasteiger partial charge in [-0.15, -0.1) is 0 Å². The molecule has 0 atom stereocenters. The Hall–Kier alpha value is -0.780. The SMILES string of the molecule is C=C1C(=C)C(C)=C1C. The molecule has 0 heterocycles. The van der Waals surface area contributed by atoms with E-state index in [0.29, 0.717) is 0 Å². The minimum Gasteiger partial charge on any atom is -0.0909 e. The van der Waals surface area contributed by atoms with Gasteiger partial charge in [0.05, 0.1) is 0 Å². The minimum absolute atomic E-state index is 1.13. The van der Waals surface area contributed by atoms with E-state index < -0.39 is 0 Å². The van der Waals surface area contributed by atoms with Crippen molar-refractivity contribution in [2.45, 2.75) is 13.8 Å². The Morgan fingerprint density at radius 1 is 0.875 bits per heavy atom. The maximum absolute atomic E-state index is 3.82. The van der Waals surface area contributed by atoms with Crippen LogP contribution in [0.3, 0.4) is 0 Å². The quantitative estimate of drug-likeness (QED) is 0.445. The van der Waals surface area contributed by atoms with Crippen molar-refractivity contribution in [3.8, 4) is 0 Å². The van der Waals surface area contributed by atoms with Gasteiger partial charge in [-0.05, 0) is 36.1 Å². The summed E-state index contributed by atoms with van der Waals surface area (Å²) in [6.45, 7) is 11.8. The van der Waals surface area contributed by atoms with E-state index in [9.17, 15) is 0 Å². The molecular formula is C8H10. The first kappa shape index (κ1) is 5.36. The molecule has 0 nitrogen and oxygen atoms in total. The second-order valence-corrected chi connectivity index (χ2v) is 2.21. The standard InChI is InChI=1S/C8H10/c1-5-6(2)8(4)7(5)3/h1-2H2,3-4H3. The highest BCUT2D eigenvalue weighted by molar-refractivity contribution is 5.65. The Morgan fingerprint density at radius 2 is 1.12 bits per heavy atom. The summed E-state index contributed by atoms with van der Waals surface area (Å²) in [5.74, 6) is 0. The molecule has 0 aromatic carbocycles. The molecule has 0 unspecified atom stereocenters. The van der Waals surface area contributed by atoms with Crippen molar-refractivity contribution in [2.24, 2.45) is 0 Å². The first-order valence-corrected chi connectivity index (χ1v) is 2.71. The van der Waals surface area contributed by atoms with Crippen molar-refractivity contribution < 1.29 is 0 Å². The van der Waals surface area contributed by atoms with Crippen LogP contribution in [0.15, 0.2) is 35.5 Å². The van der Waals surface area contributed by atoms with Crippen LogP contribution in [0, 0.1) is 0 Å². The molecule has 0 fully saturated rings. The van der Waals surface area contributed by atoms with Crippen LogP contribution in [0.1, 0.15) is 13.8 Å². The van der Waals surface area contributed by atoms with Crippen molar-refractivity contribution >= 4 is 0 Å². The third-order valence-corrected chi connectivity index (χ3v) is 1.83. The van der Waals surface area contributed by atoms with Gasteiger partial charge in [0.2, 0.25) is 0 Å². The molecular weight excluding hydrogens is 96.1 g/mol. The van der Waals surface area contributed by atoms with Crippen molar-refractivity contribution in [1.29, 1.82) is 0 Å². The smallest absolute Gasteiger partial charge is 0.0227 e. The maximum atomic E-state index is 3.82. The summed E-state index contributed by atoms with van der Waals surface area (Å²) >= 11 is 0. The molecule has 0 radical (unpaired) electrons. The van der Waals surface area contributed by atoms with E-state index in [2.05, 4.69) is 27.0 Å². The average molecular weight is 106 g/mol. The molecule has 0 amide bonds. The Kier molecular flexibility index (Phi) is 0.902. The van der Waals surface area contributed by atoms with E-state index in [0.717, 1.165) is 11.1 Å². The van der Waals surface area contributed by atoms with Gasteiger partial charge in [0.15, 0.2) is 0 Å². The van der Waals surface area contributed by atoms with Gasteiger partial charge < -0.3 is 0 Å². The van der Waals surface area contributed by atoms with Crippen molar-refractivity contribution in [1.82, 2.24) is 0 Å². The van der Waals surface area contributed by atoms with E-state index in [1.54, 1.807) is 0 Å². The van der Waals surface area contributed by atoms with Crippen LogP contribution in [-0.4, -0.2) is 0 Å². The zero-order chi connectivity index (χ0) is 6.31. The number of hydrogen-bond donors (Lipinski definition) is 0. The first-order valence-electron chi connectivity index (χ1n) is 2.71. The van der Waals surface area contributed by atoms with Crippen molar-refractivity contribution in [3.05, 3.63) is 35.5 Å². The zero-order valence-electron chi connectivity index (χ0n) is 5.41. The molecule has 1 rings (SSSR count). The van der Waals surface area contributed by atoms with Gasteiger partial charge in [0.1, 0.15) is 0 Å². The molecule has 0 bridgehead atoms. The van der Waals surface area contributed by atoms with Gasteiger partial charge in [-0.1, -0.05) is 13.2 Å². The second kappa shape index (κ2) is 1.35. The van der Waals surface area contributed by atoms with Crippen LogP contribution >= 0.6 is 0 Å². The highest BCUT2D eigenvalue weighted by atomic mass is 14.2. The van der Waals surface area contributed by atoms with Gasteiger partial charge in [0, 0.05) is 0 Å². The van der Waals surface area contributed by atoms with Gasteiger partial charge in [0.25, 0.3) is 0 Å². The number of allylic oxidation sites excluding steroid dienone is 4. The number of hydrogen-bond acceptors (Lipinski definition) is 0. The average Bonchev–Trinajstić information content (AvgIpc) is 1.83. The maximum Gasteiger partial charge on any atom is -0.0227 e. The first-order chi connectivity index (χ1) is 3.64. The predicted molar refractivity (Wildman–Crippen MR) is 36.7 cm³/mol. The molecule has 0 N–H and O–H groups in total. The third kappa shape index (κ3) is 0.401. The summed E-state index contributed by atoms with van der Waals surface area (Å²) in [5, 5.41) is 0. The zero-order valence-corrected chi connectivity index (χ0v) is 5.41. The van der Waals surface area contributed by atoms with Crippen LogP contribution in [0.2, 0.25) is 0 Å². The molecule has 0 aromatic heterocycles. The lowest BCUT2D eigenvalue weighted by molar-refractivity contribution is 1.17. The van der Waals surface area contributed by atoms with Crippen molar-refractivity contribution in [3.63, 3.8) is 0 Å². The fraction of sp³-hybridized carbons (Fsp3) is 0.250. The molecule has 0 saturated heterocycles. The van der Waals surface area contributed by atoms with Gasteiger partial charge in [-0.3, -0.25) is 0 Å². The third-order valence-electron chi connectivity index (χ3n) is 1.83. The highest BCUT2D eigenvalue weighted by Crippen LogP contribution is 2.35. The van der Waals surface area contributed by atoms with Crippen LogP contribution < -0.4 is 0 Å². The molecule has 0 saturated carbocycles. The van der Waals surface area contributed by atoms with E-state index in [1.807, 2.05) is 0 Å². The molecule has 0 heteroatoms. The van der Waals surface area contributed by atoms with Crippen molar-refractivity contribution in [2.75, 3.05) is 0 Å². The summed E-state index contributed by atoms with van der Waals surface area (Å²) in [6.07, 6.45) is 0. The highest BCUT2D eigenvalue weighted by Gasteiger charge is 2.16. The van der Waals surface area contributed by atoms with Crippen LogP contribution in [-0.2, 0) is 0 Å². The fourth-order valence-electron chi connectivity index (χ4n) is 0.843. The lowest BCUT2D eigenvalue weighted by Crippen LogP contribution is -2.04. The lowest BCUT2D eigenvalue weighted by atomic mass is 9.82. The molecule has 0 spiro atoms. The summed E-state index contributed by atoms with van der Waals surface area (Å²) in [7, 11) is 0. The molecule has 42 valence electrons. The molecule has 1 aliphatic rings. The second-order valence-electron chi connectivity index (χ2n) is 2.21. The van der Waals surface area contributed by atoms with Gasteiger partial charge in [-0.25, -0.2) is 0 Å². The summed E-state index contributed by atoms with van der Waals surface area (Å²) < 4.78 is 0. The monoisotopic (exact) mass is 106 g/mol. The topological polar surface area (TPSA) is 0 Å². The molecule has 1 aliphatic carbocycles. The fourth-order valence-corrected chi connectivity index (χ4v) is 0.843. The normalized spacial score (nSPS) is 19.2. The predicted octanol–water partition coefficient (Wildman–Crippen LogP) is 2.45. The van der Waals surface area contributed by atoms with Gasteiger partial charge in [-0.2, -0.15) is 0 Å². The summed E-state index contributed by atoms with van der Waals surface area (Å²) in [4.78, 5) is 0. The largest absolute Gasteiger partial charge is 0.0909 e. The Labute approximate surface area is 50.2 Å². The van der Waals surface area contributed by atoms with E-state index in [1.165, 1.54) is 11.1 Å². The molecule has 0 aromatic rings. The van der Waals surface area contributed by atoms with E-state index >= 15 is 0 Å². The lowest BCUT2D eigenvalue weighted by Gasteiger charge is -2.23. The van der Waals surface area contributed by atoms with Crippen LogP contribution in [0.25, 0.3) is 0 Å². The van der Waals surface area contributed by atoms with Crippen LogP contribution in [0.4, 0.5) is 0 Å². The summed E-state index contributed by atoms with van der Waals surface area (Å²) in [5.41, 5.74) is 4.88. The Balaban J connectivity index is 3.08. The Bertz CT molecular complexity index is 170. The Morgan fingerprint density at radius 3 is 1.25 bits per heavy atom.